The summed E-state index contributed by atoms with van der Waals surface area (Å²) >= 11 is 0. The van der Waals surface area contributed by atoms with Crippen molar-refractivity contribution in [1.82, 2.24) is 14.7 Å². The average Bonchev–Trinajstić information content (AvgIpc) is 2.33. The molecule has 1 rings (SSSR count). The molecule has 1 heterocycles. The van der Waals surface area contributed by atoms with Crippen molar-refractivity contribution < 1.29 is 4.79 Å². The summed E-state index contributed by atoms with van der Waals surface area (Å²) in [5.41, 5.74) is 5.67. The van der Waals surface area contributed by atoms with Crippen molar-refractivity contribution in [3.05, 3.63) is 0 Å². The number of rotatable bonds is 6. The van der Waals surface area contributed by atoms with Crippen molar-refractivity contribution in [3.8, 4) is 0 Å². The van der Waals surface area contributed by atoms with Crippen LogP contribution in [0.25, 0.3) is 0 Å². The fraction of sp³-hybridized carbons (Fsp3) is 0.929. The molecule has 0 aromatic heterocycles. The van der Waals surface area contributed by atoms with Crippen molar-refractivity contribution in [1.29, 1.82) is 0 Å². The van der Waals surface area contributed by atoms with E-state index in [2.05, 4.69) is 23.9 Å². The normalized spacial score (nSPS) is 18.1. The molecule has 0 aliphatic carbocycles. The van der Waals surface area contributed by atoms with Crippen LogP contribution in [0.2, 0.25) is 0 Å². The van der Waals surface area contributed by atoms with Crippen LogP contribution in [0.15, 0.2) is 0 Å². The Bertz CT molecular complexity index is 278. The molecule has 0 aromatic carbocycles. The molecule has 0 aromatic rings. The van der Waals surface area contributed by atoms with E-state index in [4.69, 9.17) is 5.73 Å². The highest BCUT2D eigenvalue weighted by Gasteiger charge is 2.22. The second-order valence-corrected chi connectivity index (χ2v) is 6.51. The molecule has 2 N–H and O–H groups in total. The molecule has 0 bridgehead atoms. The smallest absolute Gasteiger partial charge is 0.222 e. The standard InChI is InChI=1S/C14H30N4O/c1-14(2,15)6-5-13(19)18-11-9-17(10-12-18)8-7-16(3)4/h5-12,15H2,1-4H3. The Morgan fingerprint density at radius 3 is 2.26 bits per heavy atom. The molecule has 112 valence electrons. The number of nitrogens with zero attached hydrogens (tertiary/aromatic N) is 3. The zero-order chi connectivity index (χ0) is 14.5. The number of hydrogen-bond donors (Lipinski definition) is 1. The maximum atomic E-state index is 12.1. The number of carbonyl (C=O) groups excluding carboxylic acids is 1. The number of nitrogens with two attached hydrogens (primary N) is 1. The lowest BCUT2D eigenvalue weighted by molar-refractivity contribution is -0.133. The van der Waals surface area contributed by atoms with Gasteiger partial charge in [-0.3, -0.25) is 9.69 Å². The number of carbonyl (C=O) groups is 1. The van der Waals surface area contributed by atoms with Gasteiger partial charge in [-0.15, -0.1) is 0 Å². The van der Waals surface area contributed by atoms with E-state index in [1.54, 1.807) is 0 Å². The second-order valence-electron chi connectivity index (χ2n) is 6.51. The van der Waals surface area contributed by atoms with E-state index in [-0.39, 0.29) is 11.4 Å². The Hall–Kier alpha value is -0.650. The fourth-order valence-electron chi connectivity index (χ4n) is 2.15. The van der Waals surface area contributed by atoms with Crippen molar-refractivity contribution in [2.75, 3.05) is 53.4 Å². The van der Waals surface area contributed by atoms with Crippen molar-refractivity contribution in [2.45, 2.75) is 32.2 Å². The first-order chi connectivity index (χ1) is 8.78. The Balaban J connectivity index is 2.23. The molecule has 1 aliphatic heterocycles. The summed E-state index contributed by atoms with van der Waals surface area (Å²) in [6, 6.07) is 0. The molecule has 19 heavy (non-hydrogen) atoms. The summed E-state index contributed by atoms with van der Waals surface area (Å²) in [4.78, 5) is 18.7. The Labute approximate surface area is 117 Å². The number of hydrogen-bond acceptors (Lipinski definition) is 4. The molecule has 0 radical (unpaired) electrons. The van der Waals surface area contributed by atoms with Gasteiger partial charge in [-0.1, -0.05) is 0 Å². The SMILES string of the molecule is CN(C)CCN1CCN(C(=O)CCC(C)(C)N)CC1. The van der Waals surface area contributed by atoms with Gasteiger partial charge in [0.25, 0.3) is 0 Å². The maximum Gasteiger partial charge on any atom is 0.222 e. The van der Waals surface area contributed by atoms with Crippen molar-refractivity contribution >= 4 is 5.91 Å². The molecule has 0 saturated carbocycles. The summed E-state index contributed by atoms with van der Waals surface area (Å²) in [7, 11) is 4.18. The monoisotopic (exact) mass is 270 g/mol. The van der Waals surface area contributed by atoms with Crippen LogP contribution in [0.1, 0.15) is 26.7 Å². The minimum absolute atomic E-state index is 0.247. The number of amides is 1. The largest absolute Gasteiger partial charge is 0.340 e. The molecule has 5 heteroatoms. The molecule has 1 fully saturated rings. The van der Waals surface area contributed by atoms with Crippen LogP contribution in [-0.2, 0) is 4.79 Å². The van der Waals surface area contributed by atoms with Crippen LogP contribution < -0.4 is 5.73 Å². The number of piperazine rings is 1. The molecule has 0 unspecified atom stereocenters. The Morgan fingerprint density at radius 2 is 1.79 bits per heavy atom. The summed E-state index contributed by atoms with van der Waals surface area (Å²) in [5.74, 6) is 0.255. The van der Waals surface area contributed by atoms with E-state index in [9.17, 15) is 4.79 Å². The molecule has 1 aliphatic rings. The van der Waals surface area contributed by atoms with Crippen LogP contribution in [0.4, 0.5) is 0 Å². The van der Waals surface area contributed by atoms with E-state index >= 15 is 0 Å². The third kappa shape index (κ3) is 6.89. The molecular formula is C14H30N4O. The van der Waals surface area contributed by atoms with E-state index in [0.29, 0.717) is 6.42 Å². The topological polar surface area (TPSA) is 52.8 Å². The molecule has 0 atom stereocenters. The average molecular weight is 270 g/mol. The van der Waals surface area contributed by atoms with E-state index < -0.39 is 0 Å². The molecule has 1 saturated heterocycles. The van der Waals surface area contributed by atoms with Gasteiger partial charge in [0.05, 0.1) is 0 Å². The fourth-order valence-corrected chi connectivity index (χ4v) is 2.15. The van der Waals surface area contributed by atoms with Crippen molar-refractivity contribution in [2.24, 2.45) is 5.73 Å². The molecule has 0 spiro atoms. The lowest BCUT2D eigenvalue weighted by atomic mass is 9.99. The molecular weight excluding hydrogens is 240 g/mol. The lowest BCUT2D eigenvalue weighted by Gasteiger charge is -2.35. The van der Waals surface area contributed by atoms with Crippen LogP contribution in [0.3, 0.4) is 0 Å². The lowest BCUT2D eigenvalue weighted by Crippen LogP contribution is -2.50. The first kappa shape index (κ1) is 16.4. The molecule has 5 nitrogen and oxygen atoms in total. The van der Waals surface area contributed by atoms with Crippen LogP contribution >= 0.6 is 0 Å². The second kappa shape index (κ2) is 7.22. The van der Waals surface area contributed by atoms with E-state index in [1.165, 1.54) is 0 Å². The quantitative estimate of drug-likeness (QED) is 0.750. The zero-order valence-electron chi connectivity index (χ0n) is 13.0. The highest BCUT2D eigenvalue weighted by molar-refractivity contribution is 5.76. The zero-order valence-corrected chi connectivity index (χ0v) is 13.0. The predicted molar refractivity (Wildman–Crippen MR) is 79.1 cm³/mol. The minimum Gasteiger partial charge on any atom is -0.340 e. The van der Waals surface area contributed by atoms with Gasteiger partial charge in [-0.25, -0.2) is 0 Å². The van der Waals surface area contributed by atoms with Crippen molar-refractivity contribution in [3.63, 3.8) is 0 Å². The summed E-state index contributed by atoms with van der Waals surface area (Å²) in [6.07, 6.45) is 1.33. The third-order valence-corrected chi connectivity index (χ3v) is 3.57. The van der Waals surface area contributed by atoms with Crippen LogP contribution in [0, 0.1) is 0 Å². The predicted octanol–water partition coefficient (Wildman–Crippen LogP) is 0.210. The van der Waals surface area contributed by atoms with Gasteiger partial charge < -0.3 is 15.5 Å². The summed E-state index contributed by atoms with van der Waals surface area (Å²) in [5, 5.41) is 0. The summed E-state index contributed by atoms with van der Waals surface area (Å²) in [6.45, 7) is 9.81. The highest BCUT2D eigenvalue weighted by Crippen LogP contribution is 2.10. The minimum atomic E-state index is -0.247. The first-order valence-corrected chi connectivity index (χ1v) is 7.22. The van der Waals surface area contributed by atoms with Gasteiger partial charge in [-0.05, 0) is 34.4 Å². The van der Waals surface area contributed by atoms with Crippen LogP contribution in [0.5, 0.6) is 0 Å². The highest BCUT2D eigenvalue weighted by atomic mass is 16.2. The first-order valence-electron chi connectivity index (χ1n) is 7.22. The van der Waals surface area contributed by atoms with Gasteiger partial charge in [-0.2, -0.15) is 0 Å². The maximum absolute atomic E-state index is 12.1. The van der Waals surface area contributed by atoms with Crippen LogP contribution in [-0.4, -0.2) is 79.5 Å². The Kier molecular flexibility index (Phi) is 6.23. The van der Waals surface area contributed by atoms with E-state index in [0.717, 1.165) is 45.7 Å². The van der Waals surface area contributed by atoms with Gasteiger partial charge in [0.15, 0.2) is 0 Å². The summed E-state index contributed by atoms with van der Waals surface area (Å²) < 4.78 is 0. The molecule has 1 amide bonds. The third-order valence-electron chi connectivity index (χ3n) is 3.57. The van der Waals surface area contributed by atoms with Gasteiger partial charge in [0.1, 0.15) is 0 Å². The Morgan fingerprint density at radius 1 is 1.21 bits per heavy atom. The van der Waals surface area contributed by atoms with Gasteiger partial charge >= 0.3 is 0 Å². The number of likely N-dealkylation sites (N-methyl/N-ethyl adjacent to an activating group) is 1. The van der Waals surface area contributed by atoms with Gasteiger partial charge in [0, 0.05) is 51.2 Å². The van der Waals surface area contributed by atoms with E-state index in [1.807, 2.05) is 18.7 Å². The van der Waals surface area contributed by atoms with Gasteiger partial charge in [0.2, 0.25) is 5.91 Å².